The van der Waals surface area contributed by atoms with Gasteiger partial charge in [0.05, 0.1) is 12.7 Å². The van der Waals surface area contributed by atoms with Crippen molar-refractivity contribution in [3.8, 4) is 5.75 Å². The number of methoxy groups -OCH3 is 1. The fraction of sp³-hybridized carbons (Fsp3) is 0.625. The Morgan fingerprint density at radius 3 is 2.95 bits per heavy atom. The van der Waals surface area contributed by atoms with Crippen LogP contribution in [0.4, 0.5) is 0 Å². The fourth-order valence-corrected chi connectivity index (χ4v) is 2.54. The van der Waals surface area contributed by atoms with Crippen molar-refractivity contribution in [3.63, 3.8) is 0 Å². The van der Waals surface area contributed by atoms with Crippen LogP contribution in [0.2, 0.25) is 0 Å². The van der Waals surface area contributed by atoms with E-state index in [4.69, 9.17) is 14.2 Å². The molecule has 1 unspecified atom stereocenters. The third-order valence-electron chi connectivity index (χ3n) is 3.55. The Bertz CT molecular complexity index is 405. The van der Waals surface area contributed by atoms with E-state index in [9.17, 15) is 5.11 Å². The highest BCUT2D eigenvalue weighted by atomic mass is 16.5. The van der Waals surface area contributed by atoms with E-state index in [-0.39, 0.29) is 6.10 Å². The average molecular weight is 280 g/mol. The van der Waals surface area contributed by atoms with Gasteiger partial charge in [-0.1, -0.05) is 12.1 Å². The summed E-state index contributed by atoms with van der Waals surface area (Å²) in [5.41, 5.74) is 2.18. The van der Waals surface area contributed by atoms with Gasteiger partial charge in [-0.15, -0.1) is 0 Å². The molecule has 1 aromatic carbocycles. The maximum atomic E-state index is 9.99. The first-order chi connectivity index (χ1) is 9.83. The molecule has 4 heteroatoms. The fourth-order valence-electron chi connectivity index (χ4n) is 2.54. The predicted molar refractivity (Wildman–Crippen MR) is 77.1 cm³/mol. The summed E-state index contributed by atoms with van der Waals surface area (Å²) >= 11 is 0. The number of aliphatic hydroxyl groups is 1. The van der Waals surface area contributed by atoms with Gasteiger partial charge >= 0.3 is 0 Å². The molecule has 0 aliphatic heterocycles. The minimum Gasteiger partial charge on any atom is -0.491 e. The van der Waals surface area contributed by atoms with Crippen molar-refractivity contribution in [1.82, 2.24) is 0 Å². The second-order valence-corrected chi connectivity index (χ2v) is 5.04. The van der Waals surface area contributed by atoms with E-state index in [1.807, 2.05) is 18.2 Å². The molecule has 4 nitrogen and oxygen atoms in total. The Kier molecular flexibility index (Phi) is 6.30. The molecule has 112 valence electrons. The Balaban J connectivity index is 1.77. The van der Waals surface area contributed by atoms with Crippen molar-refractivity contribution >= 4 is 0 Å². The molecule has 20 heavy (non-hydrogen) atoms. The van der Waals surface area contributed by atoms with E-state index in [2.05, 4.69) is 0 Å². The second kappa shape index (κ2) is 8.25. The van der Waals surface area contributed by atoms with Crippen LogP contribution in [0.3, 0.4) is 0 Å². The SMILES string of the molecule is COCCCOCCOc1cccc2c1CCCC2O. The molecule has 0 bridgehead atoms. The first-order valence-electron chi connectivity index (χ1n) is 7.32. The van der Waals surface area contributed by atoms with Gasteiger partial charge in [-0.25, -0.2) is 0 Å². The van der Waals surface area contributed by atoms with E-state index in [0.29, 0.717) is 19.8 Å². The van der Waals surface area contributed by atoms with E-state index in [1.54, 1.807) is 7.11 Å². The van der Waals surface area contributed by atoms with Crippen LogP contribution in [-0.4, -0.2) is 38.6 Å². The highest BCUT2D eigenvalue weighted by Gasteiger charge is 2.20. The largest absolute Gasteiger partial charge is 0.491 e. The van der Waals surface area contributed by atoms with Crippen molar-refractivity contribution in [2.75, 3.05) is 33.5 Å². The molecule has 0 fully saturated rings. The summed E-state index contributed by atoms with van der Waals surface area (Å²) in [4.78, 5) is 0. The van der Waals surface area contributed by atoms with Gasteiger partial charge in [0.2, 0.25) is 0 Å². The summed E-state index contributed by atoms with van der Waals surface area (Å²) in [6, 6.07) is 5.91. The summed E-state index contributed by atoms with van der Waals surface area (Å²) in [6.07, 6.45) is 3.41. The lowest BCUT2D eigenvalue weighted by Gasteiger charge is -2.23. The highest BCUT2D eigenvalue weighted by Crippen LogP contribution is 2.35. The van der Waals surface area contributed by atoms with Gasteiger partial charge in [0, 0.05) is 20.3 Å². The third kappa shape index (κ3) is 4.20. The Labute approximate surface area is 120 Å². The maximum Gasteiger partial charge on any atom is 0.122 e. The molecule has 0 heterocycles. The van der Waals surface area contributed by atoms with Crippen molar-refractivity contribution in [2.45, 2.75) is 31.8 Å². The van der Waals surface area contributed by atoms with Crippen molar-refractivity contribution in [1.29, 1.82) is 0 Å². The van der Waals surface area contributed by atoms with Crippen LogP contribution < -0.4 is 4.74 Å². The van der Waals surface area contributed by atoms with Gasteiger partial charge in [0.15, 0.2) is 0 Å². The van der Waals surface area contributed by atoms with E-state index in [1.165, 1.54) is 0 Å². The molecule has 1 aliphatic carbocycles. The standard InChI is InChI=1S/C16H24O4/c1-18-9-4-10-19-11-12-20-16-8-3-5-13-14(16)6-2-7-15(13)17/h3,5,8,15,17H,2,4,6-7,9-12H2,1H3. The van der Waals surface area contributed by atoms with Crippen LogP contribution in [0, 0.1) is 0 Å². The number of hydrogen-bond acceptors (Lipinski definition) is 4. The minimum absolute atomic E-state index is 0.340. The molecule has 0 radical (unpaired) electrons. The van der Waals surface area contributed by atoms with Crippen LogP contribution in [0.25, 0.3) is 0 Å². The number of hydrogen-bond donors (Lipinski definition) is 1. The molecule has 0 spiro atoms. The Morgan fingerprint density at radius 1 is 1.20 bits per heavy atom. The Hall–Kier alpha value is -1.10. The molecule has 1 aliphatic rings. The second-order valence-electron chi connectivity index (χ2n) is 5.04. The molecule has 2 rings (SSSR count). The normalized spacial score (nSPS) is 17.8. The van der Waals surface area contributed by atoms with Crippen LogP contribution in [0.15, 0.2) is 18.2 Å². The lowest BCUT2D eigenvalue weighted by Crippen LogP contribution is -2.13. The van der Waals surface area contributed by atoms with Gasteiger partial charge in [-0.2, -0.15) is 0 Å². The van der Waals surface area contributed by atoms with Gasteiger partial charge in [0.25, 0.3) is 0 Å². The number of aliphatic hydroxyl groups excluding tert-OH is 1. The van der Waals surface area contributed by atoms with Gasteiger partial charge in [-0.3, -0.25) is 0 Å². The quantitative estimate of drug-likeness (QED) is 0.743. The summed E-state index contributed by atoms with van der Waals surface area (Å²) in [6.45, 7) is 2.54. The third-order valence-corrected chi connectivity index (χ3v) is 3.55. The van der Waals surface area contributed by atoms with Crippen molar-refractivity contribution < 1.29 is 19.3 Å². The molecule has 0 saturated heterocycles. The van der Waals surface area contributed by atoms with Crippen LogP contribution in [0.1, 0.15) is 36.5 Å². The number of rotatable bonds is 8. The monoisotopic (exact) mass is 280 g/mol. The maximum absolute atomic E-state index is 9.99. The van der Waals surface area contributed by atoms with Crippen LogP contribution in [-0.2, 0) is 15.9 Å². The first-order valence-corrected chi connectivity index (χ1v) is 7.32. The zero-order valence-corrected chi connectivity index (χ0v) is 12.1. The number of benzene rings is 1. The lowest BCUT2D eigenvalue weighted by molar-refractivity contribution is 0.0801. The molecular formula is C16H24O4. The Morgan fingerprint density at radius 2 is 2.10 bits per heavy atom. The first kappa shape index (κ1) is 15.3. The van der Waals surface area contributed by atoms with Crippen LogP contribution in [0.5, 0.6) is 5.75 Å². The van der Waals surface area contributed by atoms with Crippen molar-refractivity contribution in [2.24, 2.45) is 0 Å². The molecule has 0 saturated carbocycles. The molecule has 1 atom stereocenters. The number of ether oxygens (including phenoxy) is 3. The number of fused-ring (bicyclic) bond motifs is 1. The molecule has 0 amide bonds. The van der Waals surface area contributed by atoms with E-state index >= 15 is 0 Å². The molecule has 1 N–H and O–H groups in total. The average Bonchev–Trinajstić information content (AvgIpc) is 2.47. The lowest BCUT2D eigenvalue weighted by atomic mass is 9.89. The summed E-state index contributed by atoms with van der Waals surface area (Å²) in [5, 5.41) is 9.99. The molecular weight excluding hydrogens is 256 g/mol. The van der Waals surface area contributed by atoms with E-state index < -0.39 is 0 Å². The highest BCUT2D eigenvalue weighted by molar-refractivity contribution is 5.42. The molecule has 1 aromatic rings. The van der Waals surface area contributed by atoms with Crippen molar-refractivity contribution in [3.05, 3.63) is 29.3 Å². The topological polar surface area (TPSA) is 47.9 Å². The zero-order chi connectivity index (χ0) is 14.2. The summed E-state index contributed by atoms with van der Waals surface area (Å²) in [5.74, 6) is 0.891. The molecule has 0 aromatic heterocycles. The van der Waals surface area contributed by atoms with Gasteiger partial charge in [0.1, 0.15) is 12.4 Å². The smallest absolute Gasteiger partial charge is 0.122 e. The summed E-state index contributed by atoms with van der Waals surface area (Å²) < 4.78 is 16.2. The minimum atomic E-state index is -0.340. The summed E-state index contributed by atoms with van der Waals surface area (Å²) in [7, 11) is 1.69. The van der Waals surface area contributed by atoms with Gasteiger partial charge in [-0.05, 0) is 42.9 Å². The zero-order valence-electron chi connectivity index (χ0n) is 12.1. The predicted octanol–water partition coefficient (Wildman–Crippen LogP) is 2.49. The van der Waals surface area contributed by atoms with Gasteiger partial charge < -0.3 is 19.3 Å². The van der Waals surface area contributed by atoms with E-state index in [0.717, 1.165) is 49.2 Å². The van der Waals surface area contributed by atoms with Crippen LogP contribution >= 0.6 is 0 Å².